The van der Waals surface area contributed by atoms with E-state index >= 15 is 0 Å². The molecule has 0 aromatic rings. The fourth-order valence-corrected chi connectivity index (χ4v) is 8.53. The highest BCUT2D eigenvalue weighted by Gasteiger charge is 2.19. The summed E-state index contributed by atoms with van der Waals surface area (Å²) in [7, 11) is 0. The van der Waals surface area contributed by atoms with Crippen LogP contribution in [0.25, 0.3) is 0 Å². The van der Waals surface area contributed by atoms with Gasteiger partial charge in [0.05, 0.1) is 0 Å². The Morgan fingerprint density at radius 1 is 0.282 bits per heavy atom. The summed E-state index contributed by atoms with van der Waals surface area (Å²) in [6.07, 6.45) is 76.0. The number of esters is 3. The smallest absolute Gasteiger partial charge is 0.306 e. The maximum atomic E-state index is 12.9. The van der Waals surface area contributed by atoms with Crippen molar-refractivity contribution < 1.29 is 28.6 Å². The molecule has 0 unspecified atom stereocenters. The van der Waals surface area contributed by atoms with Gasteiger partial charge in [-0.2, -0.15) is 0 Å². The van der Waals surface area contributed by atoms with Crippen molar-refractivity contribution >= 4 is 17.9 Å². The molecular formula is C65H114O6. The van der Waals surface area contributed by atoms with Gasteiger partial charge >= 0.3 is 17.9 Å². The van der Waals surface area contributed by atoms with Crippen LogP contribution >= 0.6 is 0 Å². The van der Waals surface area contributed by atoms with Crippen LogP contribution in [0.4, 0.5) is 0 Å². The van der Waals surface area contributed by atoms with Crippen molar-refractivity contribution in [3.63, 3.8) is 0 Å². The zero-order valence-electron chi connectivity index (χ0n) is 47.0. The van der Waals surface area contributed by atoms with E-state index in [9.17, 15) is 14.4 Å². The van der Waals surface area contributed by atoms with E-state index < -0.39 is 6.10 Å². The molecule has 0 bridgehead atoms. The third kappa shape index (κ3) is 57.6. The molecule has 0 aliphatic rings. The molecule has 0 N–H and O–H groups in total. The molecule has 0 aromatic carbocycles. The molecule has 71 heavy (non-hydrogen) atoms. The van der Waals surface area contributed by atoms with E-state index in [0.29, 0.717) is 19.3 Å². The summed E-state index contributed by atoms with van der Waals surface area (Å²) in [6, 6.07) is 0. The summed E-state index contributed by atoms with van der Waals surface area (Å²) in [6.45, 7) is 6.60. The summed E-state index contributed by atoms with van der Waals surface area (Å²) >= 11 is 0. The Balaban J connectivity index is 4.45. The number of rotatable bonds is 55. The highest BCUT2D eigenvalue weighted by atomic mass is 16.6. The van der Waals surface area contributed by atoms with Gasteiger partial charge in [0.1, 0.15) is 13.2 Å². The van der Waals surface area contributed by atoms with Crippen LogP contribution in [0.2, 0.25) is 0 Å². The molecule has 0 rings (SSSR count). The first kappa shape index (κ1) is 67.8. The first-order valence-corrected chi connectivity index (χ1v) is 30.4. The first-order valence-electron chi connectivity index (χ1n) is 30.4. The first-order chi connectivity index (χ1) is 35.0. The lowest BCUT2D eigenvalue weighted by Gasteiger charge is -2.18. The fourth-order valence-electron chi connectivity index (χ4n) is 8.53. The largest absolute Gasteiger partial charge is 0.462 e. The number of carbonyl (C=O) groups excluding carboxylic acids is 3. The Hall–Kier alpha value is -3.15. The summed E-state index contributed by atoms with van der Waals surface area (Å²) < 4.78 is 16.9. The number of hydrogen-bond acceptors (Lipinski definition) is 6. The molecule has 0 heterocycles. The highest BCUT2D eigenvalue weighted by Crippen LogP contribution is 2.15. The fraction of sp³-hybridized carbons (Fsp3) is 0.769. The maximum Gasteiger partial charge on any atom is 0.306 e. The molecule has 0 saturated carbocycles. The number of carbonyl (C=O) groups is 3. The van der Waals surface area contributed by atoms with Crippen molar-refractivity contribution in [1.29, 1.82) is 0 Å². The molecular weight excluding hydrogens is 877 g/mol. The van der Waals surface area contributed by atoms with Gasteiger partial charge < -0.3 is 14.2 Å². The van der Waals surface area contributed by atoms with Crippen LogP contribution in [0.3, 0.4) is 0 Å². The number of ether oxygens (including phenoxy) is 3. The third-order valence-electron chi connectivity index (χ3n) is 13.2. The van der Waals surface area contributed by atoms with E-state index in [1.54, 1.807) is 0 Å². The second kappa shape index (κ2) is 59.4. The standard InChI is InChI=1S/C65H114O6/c1-4-7-10-13-16-19-22-25-28-31-32-35-38-41-44-47-50-53-56-59-65(68)71-62(60-69-63(66)57-54-51-48-45-42-39-36-33-29-26-23-20-17-14-11-8-5-2)61-70-64(67)58-55-52-49-46-43-40-37-34-30-27-24-21-18-15-12-9-6-3/h16,19,25-30,32,35,41,44,62H,4-15,17-18,20-24,31,33-34,36-40,42-43,45-61H2,1-3H3/b19-16-,28-25-,29-26-,30-27-,35-32-,44-41-. The molecule has 0 spiro atoms. The van der Waals surface area contributed by atoms with Gasteiger partial charge in [0.15, 0.2) is 6.10 Å². The molecule has 0 amide bonds. The van der Waals surface area contributed by atoms with Gasteiger partial charge in [-0.25, -0.2) is 0 Å². The molecule has 0 saturated heterocycles. The molecule has 410 valence electrons. The van der Waals surface area contributed by atoms with E-state index in [1.165, 1.54) is 180 Å². The van der Waals surface area contributed by atoms with Crippen LogP contribution in [0.15, 0.2) is 72.9 Å². The third-order valence-corrected chi connectivity index (χ3v) is 13.2. The van der Waals surface area contributed by atoms with Crippen LogP contribution in [-0.4, -0.2) is 37.2 Å². The summed E-state index contributed by atoms with van der Waals surface area (Å²) in [5, 5.41) is 0. The van der Waals surface area contributed by atoms with E-state index in [2.05, 4.69) is 93.7 Å². The van der Waals surface area contributed by atoms with Crippen molar-refractivity contribution in [3.8, 4) is 0 Å². The maximum absolute atomic E-state index is 12.9. The Kier molecular flexibility index (Phi) is 56.8. The lowest BCUT2D eigenvalue weighted by molar-refractivity contribution is -0.167. The molecule has 0 atom stereocenters. The minimum absolute atomic E-state index is 0.0910. The lowest BCUT2D eigenvalue weighted by atomic mass is 10.1. The molecule has 0 fully saturated rings. The zero-order chi connectivity index (χ0) is 51.4. The highest BCUT2D eigenvalue weighted by molar-refractivity contribution is 5.71. The van der Waals surface area contributed by atoms with Crippen LogP contribution in [-0.2, 0) is 28.6 Å². The molecule has 0 aromatic heterocycles. The minimum Gasteiger partial charge on any atom is -0.462 e. The van der Waals surface area contributed by atoms with Crippen molar-refractivity contribution in [2.45, 2.75) is 309 Å². The van der Waals surface area contributed by atoms with E-state index in [0.717, 1.165) is 83.5 Å². The van der Waals surface area contributed by atoms with Gasteiger partial charge in [-0.3, -0.25) is 14.4 Å². The lowest BCUT2D eigenvalue weighted by Crippen LogP contribution is -2.30. The molecule has 0 aliphatic carbocycles. The summed E-state index contributed by atoms with van der Waals surface area (Å²) in [4.78, 5) is 38.2. The number of hydrogen-bond donors (Lipinski definition) is 0. The average Bonchev–Trinajstić information content (AvgIpc) is 3.37. The van der Waals surface area contributed by atoms with Crippen LogP contribution in [0, 0.1) is 0 Å². The second-order valence-electron chi connectivity index (χ2n) is 20.2. The van der Waals surface area contributed by atoms with Crippen molar-refractivity contribution in [1.82, 2.24) is 0 Å². The second-order valence-corrected chi connectivity index (χ2v) is 20.2. The van der Waals surface area contributed by atoms with Crippen LogP contribution in [0.1, 0.15) is 303 Å². The number of unbranched alkanes of at least 4 members (excludes halogenated alkanes) is 32. The van der Waals surface area contributed by atoms with Gasteiger partial charge in [0, 0.05) is 19.3 Å². The SMILES string of the molecule is CCCCC/C=C\C/C=C\C/C=C\C/C=C\CCCCCC(=O)OC(COC(=O)CCCCCCCCC/C=C\CCCCCCCC)COC(=O)CCCCCCCCC/C=C\CCCCCCCC. The summed E-state index contributed by atoms with van der Waals surface area (Å²) in [5.41, 5.74) is 0. The van der Waals surface area contributed by atoms with E-state index in [4.69, 9.17) is 14.2 Å². The molecule has 0 aliphatic heterocycles. The zero-order valence-corrected chi connectivity index (χ0v) is 47.0. The topological polar surface area (TPSA) is 78.9 Å². The Morgan fingerprint density at radius 2 is 0.507 bits per heavy atom. The van der Waals surface area contributed by atoms with Crippen LogP contribution < -0.4 is 0 Å². The quantitative estimate of drug-likeness (QED) is 0.0261. The Labute approximate surface area is 440 Å². The van der Waals surface area contributed by atoms with Crippen molar-refractivity contribution in [2.75, 3.05) is 13.2 Å². The van der Waals surface area contributed by atoms with Crippen molar-refractivity contribution in [2.24, 2.45) is 0 Å². The van der Waals surface area contributed by atoms with Gasteiger partial charge in [-0.15, -0.1) is 0 Å². The predicted molar refractivity (Wildman–Crippen MR) is 307 cm³/mol. The summed E-state index contributed by atoms with van der Waals surface area (Å²) in [5.74, 6) is -0.919. The van der Waals surface area contributed by atoms with Gasteiger partial charge in [0.2, 0.25) is 0 Å². The van der Waals surface area contributed by atoms with Gasteiger partial charge in [-0.05, 0) is 116 Å². The van der Waals surface area contributed by atoms with Crippen molar-refractivity contribution in [3.05, 3.63) is 72.9 Å². The minimum atomic E-state index is -0.796. The average molecular weight is 992 g/mol. The normalized spacial score (nSPS) is 12.2. The van der Waals surface area contributed by atoms with E-state index in [-0.39, 0.29) is 31.1 Å². The van der Waals surface area contributed by atoms with E-state index in [1.807, 2.05) is 0 Å². The number of allylic oxidation sites excluding steroid dienone is 12. The molecule has 0 radical (unpaired) electrons. The van der Waals surface area contributed by atoms with Gasteiger partial charge in [-0.1, -0.05) is 241 Å². The van der Waals surface area contributed by atoms with Gasteiger partial charge in [0.25, 0.3) is 0 Å². The predicted octanol–water partition coefficient (Wildman–Crippen LogP) is 20.5. The van der Waals surface area contributed by atoms with Crippen LogP contribution in [0.5, 0.6) is 0 Å². The molecule has 6 heteroatoms. The monoisotopic (exact) mass is 991 g/mol. The Bertz CT molecular complexity index is 1260. The Morgan fingerprint density at radius 3 is 0.845 bits per heavy atom. The molecule has 6 nitrogen and oxygen atoms in total.